The summed E-state index contributed by atoms with van der Waals surface area (Å²) in [6.45, 7) is 2.98. The zero-order chi connectivity index (χ0) is 14.7. The molecule has 1 aromatic rings. The number of nitrogens with two attached hydrogens (primary N) is 1. The first kappa shape index (κ1) is 15.1. The highest BCUT2D eigenvalue weighted by Gasteiger charge is 2.31. The molecular weight excluding hydrogens is 325 g/mol. The van der Waals surface area contributed by atoms with Gasteiger partial charge in [0.25, 0.3) is 0 Å². The normalized spacial score (nSPS) is 15.4. The van der Waals surface area contributed by atoms with E-state index in [0.717, 1.165) is 32.2 Å². The zero-order valence-corrected chi connectivity index (χ0v) is 13.0. The molecule has 1 aliphatic carbocycles. The summed E-state index contributed by atoms with van der Waals surface area (Å²) in [6, 6.07) is 3.83. The van der Waals surface area contributed by atoms with Crippen molar-refractivity contribution in [2.24, 2.45) is 10.9 Å². The second-order valence-corrected chi connectivity index (χ2v) is 5.82. The van der Waals surface area contributed by atoms with Gasteiger partial charge in [-0.15, -0.1) is 0 Å². The molecule has 0 atom stereocenters. The van der Waals surface area contributed by atoms with Crippen LogP contribution in [0, 0.1) is 5.82 Å². The Kier molecular flexibility index (Phi) is 4.86. The molecule has 1 fully saturated rings. The van der Waals surface area contributed by atoms with Crippen molar-refractivity contribution in [2.75, 3.05) is 11.4 Å². The molecule has 6 heteroatoms. The van der Waals surface area contributed by atoms with Crippen LogP contribution in [-0.2, 0) is 0 Å². The van der Waals surface area contributed by atoms with Gasteiger partial charge in [0.05, 0.1) is 10.2 Å². The van der Waals surface area contributed by atoms with Gasteiger partial charge in [0, 0.05) is 18.2 Å². The van der Waals surface area contributed by atoms with Crippen LogP contribution in [-0.4, -0.2) is 23.6 Å². The Balaban J connectivity index is 2.34. The van der Waals surface area contributed by atoms with Gasteiger partial charge in [-0.25, -0.2) is 4.39 Å². The highest BCUT2D eigenvalue weighted by atomic mass is 79.9. The molecule has 0 spiro atoms. The van der Waals surface area contributed by atoms with Crippen molar-refractivity contribution in [3.05, 3.63) is 28.0 Å². The lowest BCUT2D eigenvalue weighted by Crippen LogP contribution is -2.28. The van der Waals surface area contributed by atoms with Crippen LogP contribution in [0.25, 0.3) is 0 Å². The van der Waals surface area contributed by atoms with E-state index in [1.165, 1.54) is 0 Å². The molecule has 4 nitrogen and oxygen atoms in total. The molecule has 20 heavy (non-hydrogen) atoms. The number of nitrogens with zero attached hydrogens (tertiary/aromatic N) is 2. The Hall–Kier alpha value is -1.30. The lowest BCUT2D eigenvalue weighted by Gasteiger charge is -2.26. The number of oxime groups is 1. The predicted molar refractivity (Wildman–Crippen MR) is 81.9 cm³/mol. The number of hydrogen-bond acceptors (Lipinski definition) is 3. The van der Waals surface area contributed by atoms with Crippen molar-refractivity contribution < 1.29 is 9.60 Å². The molecular formula is C14H19BrFN3O. The third kappa shape index (κ3) is 3.06. The van der Waals surface area contributed by atoms with E-state index in [9.17, 15) is 4.39 Å². The second-order valence-electron chi connectivity index (χ2n) is 5.02. The minimum atomic E-state index is -0.350. The summed E-state index contributed by atoms with van der Waals surface area (Å²) in [6.07, 6.45) is 4.34. The lowest BCUT2D eigenvalue weighted by molar-refractivity contribution is 0.318. The topological polar surface area (TPSA) is 61.8 Å². The third-order valence-electron chi connectivity index (χ3n) is 3.50. The first-order valence-corrected chi connectivity index (χ1v) is 7.62. The number of anilines is 1. The molecule has 0 aromatic heterocycles. The molecule has 0 saturated heterocycles. The Bertz CT molecular complexity index is 517. The van der Waals surface area contributed by atoms with E-state index in [-0.39, 0.29) is 16.1 Å². The van der Waals surface area contributed by atoms with E-state index in [1.807, 2.05) is 0 Å². The average Bonchev–Trinajstić information content (AvgIpc) is 3.27. The fourth-order valence-electron chi connectivity index (χ4n) is 2.23. The molecule has 0 heterocycles. The number of benzene rings is 1. The quantitative estimate of drug-likeness (QED) is 0.360. The van der Waals surface area contributed by atoms with Gasteiger partial charge in [-0.1, -0.05) is 18.5 Å². The van der Waals surface area contributed by atoms with Gasteiger partial charge in [-0.2, -0.15) is 0 Å². The van der Waals surface area contributed by atoms with Crippen LogP contribution in [0.4, 0.5) is 10.1 Å². The van der Waals surface area contributed by atoms with Crippen LogP contribution in [0.2, 0.25) is 0 Å². The van der Waals surface area contributed by atoms with Crippen molar-refractivity contribution in [1.82, 2.24) is 0 Å². The molecule has 0 bridgehead atoms. The molecule has 110 valence electrons. The van der Waals surface area contributed by atoms with Gasteiger partial charge in [0.15, 0.2) is 11.7 Å². The summed E-state index contributed by atoms with van der Waals surface area (Å²) in [4.78, 5) is 2.12. The van der Waals surface area contributed by atoms with Crippen molar-refractivity contribution in [3.8, 4) is 0 Å². The predicted octanol–water partition coefficient (Wildman–Crippen LogP) is 3.45. The maximum Gasteiger partial charge on any atom is 0.171 e. The number of unbranched alkanes of at least 4 members (excludes halogenated alkanes) is 1. The van der Waals surface area contributed by atoms with E-state index in [2.05, 4.69) is 32.9 Å². The van der Waals surface area contributed by atoms with Crippen LogP contribution in [0.5, 0.6) is 0 Å². The molecule has 1 aliphatic rings. The number of halogens is 2. The largest absolute Gasteiger partial charge is 0.409 e. The smallest absolute Gasteiger partial charge is 0.171 e. The SMILES string of the molecule is CCCCN(c1ccc(/C(N)=N/O)c(Br)c1F)C1CC1. The molecule has 1 aromatic carbocycles. The summed E-state index contributed by atoms with van der Waals surface area (Å²) in [5, 5.41) is 11.6. The number of hydrogen-bond donors (Lipinski definition) is 2. The van der Waals surface area contributed by atoms with Gasteiger partial charge >= 0.3 is 0 Å². The minimum absolute atomic E-state index is 0.103. The summed E-state index contributed by atoms with van der Waals surface area (Å²) < 4.78 is 14.8. The molecule has 0 amide bonds. The first-order valence-electron chi connectivity index (χ1n) is 6.82. The Morgan fingerprint density at radius 1 is 1.55 bits per heavy atom. The zero-order valence-electron chi connectivity index (χ0n) is 11.4. The van der Waals surface area contributed by atoms with E-state index >= 15 is 0 Å². The molecule has 0 unspecified atom stereocenters. The fraction of sp³-hybridized carbons (Fsp3) is 0.500. The third-order valence-corrected chi connectivity index (χ3v) is 4.27. The second kappa shape index (κ2) is 6.43. The Morgan fingerprint density at radius 3 is 2.80 bits per heavy atom. The maximum absolute atomic E-state index is 14.5. The van der Waals surface area contributed by atoms with Gasteiger partial charge in [0.1, 0.15) is 0 Å². The standard InChI is InChI=1S/C14H19BrFN3O/c1-2-3-8-19(9-4-5-9)11-7-6-10(14(17)18-20)12(15)13(11)16/h6-7,9,20H,2-5,8H2,1H3,(H2,17,18). The van der Waals surface area contributed by atoms with Crippen LogP contribution < -0.4 is 10.6 Å². The number of rotatable bonds is 6. The summed E-state index contributed by atoms with van der Waals surface area (Å²) >= 11 is 3.20. The molecule has 1 saturated carbocycles. The van der Waals surface area contributed by atoms with Gasteiger partial charge < -0.3 is 15.8 Å². The highest BCUT2D eigenvalue weighted by molar-refractivity contribution is 9.10. The van der Waals surface area contributed by atoms with Crippen molar-refractivity contribution in [2.45, 2.75) is 38.6 Å². The van der Waals surface area contributed by atoms with Crippen molar-refractivity contribution in [3.63, 3.8) is 0 Å². The van der Waals surface area contributed by atoms with Gasteiger partial charge in [-0.3, -0.25) is 0 Å². The van der Waals surface area contributed by atoms with E-state index in [1.54, 1.807) is 12.1 Å². The fourth-order valence-corrected chi connectivity index (χ4v) is 2.77. The van der Waals surface area contributed by atoms with E-state index in [0.29, 0.717) is 17.3 Å². The van der Waals surface area contributed by atoms with Gasteiger partial charge in [-0.05, 0) is 47.3 Å². The molecule has 2 rings (SSSR count). The summed E-state index contributed by atoms with van der Waals surface area (Å²) in [7, 11) is 0. The van der Waals surface area contributed by atoms with Crippen LogP contribution in [0.15, 0.2) is 21.8 Å². The maximum atomic E-state index is 14.5. The van der Waals surface area contributed by atoms with Crippen LogP contribution in [0.1, 0.15) is 38.2 Å². The molecule has 0 radical (unpaired) electrons. The van der Waals surface area contributed by atoms with Crippen LogP contribution >= 0.6 is 15.9 Å². The van der Waals surface area contributed by atoms with E-state index in [4.69, 9.17) is 10.9 Å². The number of amidine groups is 1. The highest BCUT2D eigenvalue weighted by Crippen LogP contribution is 2.36. The van der Waals surface area contributed by atoms with Crippen LogP contribution in [0.3, 0.4) is 0 Å². The minimum Gasteiger partial charge on any atom is -0.409 e. The van der Waals surface area contributed by atoms with E-state index < -0.39 is 0 Å². The first-order chi connectivity index (χ1) is 9.60. The average molecular weight is 344 g/mol. The Labute approximate surface area is 126 Å². The Morgan fingerprint density at radius 2 is 2.25 bits per heavy atom. The monoisotopic (exact) mass is 343 g/mol. The van der Waals surface area contributed by atoms with Gasteiger partial charge in [0.2, 0.25) is 0 Å². The van der Waals surface area contributed by atoms with Crippen molar-refractivity contribution >= 4 is 27.5 Å². The summed E-state index contributed by atoms with van der Waals surface area (Å²) in [5.74, 6) is -0.453. The molecule has 0 aliphatic heterocycles. The van der Waals surface area contributed by atoms with Crippen molar-refractivity contribution in [1.29, 1.82) is 0 Å². The lowest BCUT2D eigenvalue weighted by atomic mass is 10.1. The summed E-state index contributed by atoms with van der Waals surface area (Å²) in [5.41, 5.74) is 6.48. The molecule has 3 N–H and O–H groups in total.